The molecule has 0 radical (unpaired) electrons. The Morgan fingerprint density at radius 1 is 0.844 bits per heavy atom. The van der Waals surface area contributed by atoms with Gasteiger partial charge in [-0.1, -0.05) is 60.7 Å². The molecular weight excluding hydrogens is 413 g/mol. The van der Waals surface area contributed by atoms with Crippen molar-refractivity contribution in [1.82, 2.24) is 0 Å². The predicted octanol–water partition coefficient (Wildman–Crippen LogP) is 7.25. The number of benzene rings is 3. The van der Waals surface area contributed by atoms with Crippen LogP contribution in [-0.2, 0) is 9.47 Å². The topological polar surface area (TPSA) is 18.5 Å². The molecule has 0 unspecified atom stereocenters. The second-order valence-electron chi connectivity index (χ2n) is 7.85. The first kappa shape index (κ1) is 22.3. The Kier molecular flexibility index (Phi) is 7.08. The number of hydrogen-bond donors (Lipinski definition) is 0. The van der Waals surface area contributed by atoms with Crippen LogP contribution in [0.25, 0.3) is 22.3 Å². The normalized spacial score (nSPS) is 18.9. The van der Waals surface area contributed by atoms with Gasteiger partial charge in [-0.3, -0.25) is 0 Å². The van der Waals surface area contributed by atoms with Crippen LogP contribution in [0.2, 0.25) is 0 Å². The summed E-state index contributed by atoms with van der Waals surface area (Å²) in [6.07, 6.45) is 5.49. The molecule has 1 aliphatic heterocycles. The highest BCUT2D eigenvalue weighted by Crippen LogP contribution is 2.31. The van der Waals surface area contributed by atoms with E-state index < -0.39 is 11.6 Å². The second kappa shape index (κ2) is 10.2. The number of allylic oxidation sites excluding steroid dienone is 2. The molecule has 0 atom stereocenters. The van der Waals surface area contributed by atoms with Crippen molar-refractivity contribution in [3.63, 3.8) is 0 Å². The fourth-order valence-electron chi connectivity index (χ4n) is 3.90. The Hall–Kier alpha value is -2.89. The summed E-state index contributed by atoms with van der Waals surface area (Å²) in [4.78, 5) is 0. The molecule has 3 aromatic rings. The summed E-state index contributed by atoms with van der Waals surface area (Å²) in [5.41, 5.74) is 2.82. The van der Waals surface area contributed by atoms with E-state index in [-0.39, 0.29) is 23.6 Å². The molecule has 3 aromatic carbocycles. The number of hydrogen-bond acceptors (Lipinski definition) is 2. The average molecular weight is 438 g/mol. The number of rotatable bonds is 6. The van der Waals surface area contributed by atoms with E-state index in [9.17, 15) is 13.2 Å². The molecule has 1 saturated heterocycles. The quantitative estimate of drug-likeness (QED) is 0.377. The van der Waals surface area contributed by atoms with Crippen molar-refractivity contribution in [1.29, 1.82) is 0 Å². The molecule has 1 heterocycles. The van der Waals surface area contributed by atoms with Gasteiger partial charge in [0.1, 0.15) is 5.82 Å². The lowest BCUT2D eigenvalue weighted by Gasteiger charge is -2.29. The smallest absolute Gasteiger partial charge is 0.166 e. The van der Waals surface area contributed by atoms with Crippen molar-refractivity contribution in [3.05, 3.63) is 95.8 Å². The molecule has 166 valence electrons. The van der Waals surface area contributed by atoms with Crippen LogP contribution in [0, 0.1) is 17.5 Å². The van der Waals surface area contributed by atoms with Crippen molar-refractivity contribution in [3.8, 4) is 22.3 Å². The molecule has 5 heteroatoms. The minimum absolute atomic E-state index is 0.152. The molecule has 0 N–H and O–H groups in total. The van der Waals surface area contributed by atoms with Crippen molar-refractivity contribution < 1.29 is 22.6 Å². The zero-order valence-corrected chi connectivity index (χ0v) is 17.9. The van der Waals surface area contributed by atoms with Crippen LogP contribution >= 0.6 is 0 Å². The minimum Gasteiger partial charge on any atom is -0.352 e. The van der Waals surface area contributed by atoms with E-state index in [1.54, 1.807) is 30.3 Å². The van der Waals surface area contributed by atoms with E-state index in [2.05, 4.69) is 6.08 Å². The van der Waals surface area contributed by atoms with E-state index >= 15 is 0 Å². The third-order valence-electron chi connectivity index (χ3n) is 5.69. The van der Waals surface area contributed by atoms with Crippen LogP contribution in [0.4, 0.5) is 13.2 Å². The van der Waals surface area contributed by atoms with Crippen LogP contribution in [0.5, 0.6) is 0 Å². The summed E-state index contributed by atoms with van der Waals surface area (Å²) in [5, 5.41) is 0. The molecule has 32 heavy (non-hydrogen) atoms. The SMILES string of the molecule is C/C=C/CCC1OCC(c2ccc(-c3ccc(-c4cccc(F)c4F)cc3)cc2F)CO1. The van der Waals surface area contributed by atoms with Crippen LogP contribution < -0.4 is 0 Å². The summed E-state index contributed by atoms with van der Waals surface area (Å²) in [5.74, 6) is -2.23. The van der Waals surface area contributed by atoms with Crippen molar-refractivity contribution in [2.45, 2.75) is 32.0 Å². The Bertz CT molecular complexity index is 1080. The molecular formula is C27H25F3O2. The zero-order valence-electron chi connectivity index (χ0n) is 17.9. The standard InChI is InChI=1S/C27H25F3O2/c1-2-3-4-8-26-31-16-21(17-32-26)22-14-13-20(15-25(22)29)18-9-11-19(12-10-18)23-6-5-7-24(28)27(23)30/h2-3,5-7,9-15,21,26H,4,8,16-17H2,1H3/b3-2+. The van der Waals surface area contributed by atoms with Gasteiger partial charge in [0, 0.05) is 17.9 Å². The first-order valence-corrected chi connectivity index (χ1v) is 10.8. The molecule has 0 aromatic heterocycles. The highest BCUT2D eigenvalue weighted by Gasteiger charge is 2.25. The van der Waals surface area contributed by atoms with E-state index in [1.807, 2.05) is 19.1 Å². The lowest BCUT2D eigenvalue weighted by Crippen LogP contribution is -2.31. The first-order valence-electron chi connectivity index (χ1n) is 10.8. The minimum atomic E-state index is -0.885. The summed E-state index contributed by atoms with van der Waals surface area (Å²) in [6, 6.07) is 16.2. The predicted molar refractivity (Wildman–Crippen MR) is 120 cm³/mol. The summed E-state index contributed by atoms with van der Waals surface area (Å²) < 4.78 is 53.9. The maximum absolute atomic E-state index is 14.9. The molecule has 2 nitrogen and oxygen atoms in total. The Labute approximate surface area is 186 Å². The highest BCUT2D eigenvalue weighted by atomic mass is 19.2. The second-order valence-corrected chi connectivity index (χ2v) is 7.85. The third-order valence-corrected chi connectivity index (χ3v) is 5.69. The van der Waals surface area contributed by atoms with Gasteiger partial charge >= 0.3 is 0 Å². The Balaban J connectivity index is 1.45. The van der Waals surface area contributed by atoms with Gasteiger partial charge in [0.15, 0.2) is 17.9 Å². The highest BCUT2D eigenvalue weighted by molar-refractivity contribution is 5.71. The first-order chi connectivity index (χ1) is 15.6. The molecule has 1 fully saturated rings. The van der Waals surface area contributed by atoms with Crippen LogP contribution in [-0.4, -0.2) is 19.5 Å². The van der Waals surface area contributed by atoms with Gasteiger partial charge in [-0.15, -0.1) is 0 Å². The summed E-state index contributed by atoms with van der Waals surface area (Å²) >= 11 is 0. The number of halogens is 3. The molecule has 0 aliphatic carbocycles. The van der Waals surface area contributed by atoms with E-state index in [4.69, 9.17) is 9.47 Å². The van der Waals surface area contributed by atoms with Crippen LogP contribution in [0.3, 0.4) is 0 Å². The van der Waals surface area contributed by atoms with Gasteiger partial charge in [0.05, 0.1) is 13.2 Å². The monoisotopic (exact) mass is 438 g/mol. The summed E-state index contributed by atoms with van der Waals surface area (Å²) in [7, 11) is 0. The zero-order chi connectivity index (χ0) is 22.5. The van der Waals surface area contributed by atoms with E-state index in [0.29, 0.717) is 29.9 Å². The molecule has 1 aliphatic rings. The third kappa shape index (κ3) is 4.95. The summed E-state index contributed by atoms with van der Waals surface area (Å²) in [6.45, 7) is 2.82. The molecule has 0 spiro atoms. The van der Waals surface area contributed by atoms with E-state index in [0.717, 1.165) is 24.5 Å². The molecule has 0 saturated carbocycles. The largest absolute Gasteiger partial charge is 0.352 e. The van der Waals surface area contributed by atoms with Gasteiger partial charge in [0.2, 0.25) is 0 Å². The van der Waals surface area contributed by atoms with Gasteiger partial charge in [0.25, 0.3) is 0 Å². The maximum atomic E-state index is 14.9. The van der Waals surface area contributed by atoms with Gasteiger partial charge < -0.3 is 9.47 Å². The van der Waals surface area contributed by atoms with Crippen molar-refractivity contribution >= 4 is 0 Å². The van der Waals surface area contributed by atoms with Crippen LogP contribution in [0.1, 0.15) is 31.2 Å². The Morgan fingerprint density at radius 2 is 1.53 bits per heavy atom. The fraction of sp³-hybridized carbons (Fsp3) is 0.259. The van der Waals surface area contributed by atoms with Gasteiger partial charge in [-0.05, 0) is 47.7 Å². The van der Waals surface area contributed by atoms with Gasteiger partial charge in [-0.2, -0.15) is 0 Å². The van der Waals surface area contributed by atoms with Crippen molar-refractivity contribution in [2.24, 2.45) is 0 Å². The number of ether oxygens (including phenoxy) is 2. The average Bonchev–Trinajstić information content (AvgIpc) is 2.82. The fourth-order valence-corrected chi connectivity index (χ4v) is 3.90. The lowest BCUT2D eigenvalue weighted by molar-refractivity contribution is -0.189. The van der Waals surface area contributed by atoms with E-state index in [1.165, 1.54) is 18.2 Å². The van der Waals surface area contributed by atoms with Crippen molar-refractivity contribution in [2.75, 3.05) is 13.2 Å². The Morgan fingerprint density at radius 3 is 2.22 bits per heavy atom. The lowest BCUT2D eigenvalue weighted by atomic mass is 9.95. The molecule has 0 amide bonds. The van der Waals surface area contributed by atoms with Gasteiger partial charge in [-0.25, -0.2) is 13.2 Å². The maximum Gasteiger partial charge on any atom is 0.166 e. The molecule has 4 rings (SSSR count). The van der Waals surface area contributed by atoms with Crippen LogP contribution in [0.15, 0.2) is 72.8 Å². The molecule has 0 bridgehead atoms.